The molecule has 0 radical (unpaired) electrons. The predicted octanol–water partition coefficient (Wildman–Crippen LogP) is 0.590. The maximum Gasteiger partial charge on any atom is 0.490 e. The van der Waals surface area contributed by atoms with Crippen molar-refractivity contribution in [1.29, 1.82) is 0 Å². The molecule has 3 heterocycles. The molecule has 0 saturated carbocycles. The van der Waals surface area contributed by atoms with Crippen molar-refractivity contribution < 1.29 is 32.6 Å². The summed E-state index contributed by atoms with van der Waals surface area (Å²) in [5.74, 6) is -0.748. The fourth-order valence-electron chi connectivity index (χ4n) is 3.31. The molecule has 0 aliphatic carbocycles. The Hall–Kier alpha value is -2.14. The van der Waals surface area contributed by atoms with Crippen LogP contribution >= 0.6 is 0 Å². The van der Waals surface area contributed by atoms with Crippen LogP contribution in [0.2, 0.25) is 0 Å². The first-order valence-electron chi connectivity index (χ1n) is 8.39. The van der Waals surface area contributed by atoms with Crippen LogP contribution in [0.5, 0.6) is 0 Å². The number of methoxy groups -OCH3 is 1. The minimum Gasteiger partial charge on any atom is -0.475 e. The third-order valence-corrected chi connectivity index (χ3v) is 4.69. The highest BCUT2D eigenvalue weighted by atomic mass is 19.4. The fourth-order valence-corrected chi connectivity index (χ4v) is 3.31. The molecule has 27 heavy (non-hydrogen) atoms. The molecule has 1 amide bonds. The molecular weight excluding hydrogens is 369 g/mol. The number of carboxylic acid groups (broad SMARTS) is 1. The Morgan fingerprint density at radius 1 is 1.37 bits per heavy atom. The minimum absolute atomic E-state index is 0.173. The molecule has 2 fully saturated rings. The van der Waals surface area contributed by atoms with Gasteiger partial charge in [0.1, 0.15) is 5.82 Å². The Balaban J connectivity index is 0.000000321. The molecular formula is C16H23F3N4O4. The van der Waals surface area contributed by atoms with Crippen molar-refractivity contribution in [2.75, 3.05) is 39.9 Å². The van der Waals surface area contributed by atoms with E-state index in [-0.39, 0.29) is 5.92 Å². The molecule has 152 valence electrons. The van der Waals surface area contributed by atoms with Crippen molar-refractivity contribution >= 4 is 11.9 Å². The summed E-state index contributed by atoms with van der Waals surface area (Å²) in [5, 5.41) is 7.12. The van der Waals surface area contributed by atoms with Crippen LogP contribution in [0.1, 0.15) is 5.82 Å². The number of carbonyl (C=O) groups is 2. The molecule has 11 heteroatoms. The van der Waals surface area contributed by atoms with Gasteiger partial charge in [-0.25, -0.2) is 9.78 Å². The number of rotatable bonds is 5. The molecule has 0 aromatic carbocycles. The van der Waals surface area contributed by atoms with Gasteiger partial charge in [0.05, 0.1) is 19.1 Å². The number of fused-ring (bicyclic) bond motifs is 1. The second-order valence-electron chi connectivity index (χ2n) is 6.59. The zero-order valence-electron chi connectivity index (χ0n) is 15.1. The number of amides is 1. The fraction of sp³-hybridized carbons (Fsp3) is 0.688. The Kier molecular flexibility index (Phi) is 6.82. The van der Waals surface area contributed by atoms with Crippen molar-refractivity contribution in [3.05, 3.63) is 18.2 Å². The van der Waals surface area contributed by atoms with E-state index in [2.05, 4.69) is 9.88 Å². The number of halogens is 3. The second-order valence-corrected chi connectivity index (χ2v) is 6.59. The molecule has 0 spiro atoms. The van der Waals surface area contributed by atoms with Crippen LogP contribution < -0.4 is 0 Å². The standard InChI is InChI=1S/C14H22N4O2.C2HF3O2/c1-16-4-3-15-13(16)10-17-7-11-8-18(5-6-20-2)14(19)12(11)9-17;3-2(4,5)1(6)7/h3-4,11-12H,5-10H2,1-2H3;(H,6,7)/t11-,12-;/m0./s1. The highest BCUT2D eigenvalue weighted by molar-refractivity contribution is 5.82. The van der Waals surface area contributed by atoms with E-state index in [1.165, 1.54) is 0 Å². The molecule has 1 aromatic rings. The quantitative estimate of drug-likeness (QED) is 0.789. The Morgan fingerprint density at radius 3 is 2.52 bits per heavy atom. The van der Waals surface area contributed by atoms with Gasteiger partial charge in [0, 0.05) is 58.6 Å². The van der Waals surface area contributed by atoms with Gasteiger partial charge in [-0.05, 0) is 0 Å². The zero-order chi connectivity index (χ0) is 20.2. The summed E-state index contributed by atoms with van der Waals surface area (Å²) in [7, 11) is 3.69. The molecule has 2 aliphatic rings. The lowest BCUT2D eigenvalue weighted by Crippen LogP contribution is -2.34. The van der Waals surface area contributed by atoms with Crippen LogP contribution in [0.3, 0.4) is 0 Å². The summed E-state index contributed by atoms with van der Waals surface area (Å²) in [6, 6.07) is 0. The normalized spacial score (nSPS) is 22.6. The second kappa shape index (κ2) is 8.70. The first-order chi connectivity index (χ1) is 12.6. The third-order valence-electron chi connectivity index (χ3n) is 4.69. The predicted molar refractivity (Wildman–Crippen MR) is 87.6 cm³/mol. The van der Waals surface area contributed by atoms with E-state index in [0.717, 1.165) is 38.5 Å². The van der Waals surface area contributed by atoms with Crippen LogP contribution in [-0.2, 0) is 27.9 Å². The summed E-state index contributed by atoms with van der Waals surface area (Å²) >= 11 is 0. The largest absolute Gasteiger partial charge is 0.490 e. The Morgan fingerprint density at radius 2 is 2.04 bits per heavy atom. The highest BCUT2D eigenvalue weighted by Crippen LogP contribution is 2.32. The number of carbonyl (C=O) groups excluding carboxylic acids is 1. The Labute approximate surface area is 154 Å². The molecule has 0 bridgehead atoms. The number of likely N-dealkylation sites (tertiary alicyclic amines) is 2. The van der Waals surface area contributed by atoms with Gasteiger partial charge in [-0.15, -0.1) is 0 Å². The maximum atomic E-state index is 12.3. The van der Waals surface area contributed by atoms with Crippen LogP contribution in [0.4, 0.5) is 13.2 Å². The lowest BCUT2D eigenvalue weighted by molar-refractivity contribution is -0.192. The molecule has 2 atom stereocenters. The molecule has 2 saturated heterocycles. The molecule has 1 aromatic heterocycles. The number of aryl methyl sites for hydroxylation is 1. The van der Waals surface area contributed by atoms with Gasteiger partial charge < -0.3 is 19.3 Å². The van der Waals surface area contributed by atoms with E-state index < -0.39 is 12.1 Å². The van der Waals surface area contributed by atoms with Crippen LogP contribution in [-0.4, -0.2) is 82.4 Å². The zero-order valence-corrected chi connectivity index (χ0v) is 15.1. The van der Waals surface area contributed by atoms with E-state index >= 15 is 0 Å². The number of nitrogens with zero attached hydrogens (tertiary/aromatic N) is 4. The lowest BCUT2D eigenvalue weighted by Gasteiger charge is -2.21. The van der Waals surface area contributed by atoms with Crippen LogP contribution in [0, 0.1) is 11.8 Å². The van der Waals surface area contributed by atoms with E-state index in [9.17, 15) is 18.0 Å². The topological polar surface area (TPSA) is 87.9 Å². The third kappa shape index (κ3) is 5.42. The molecule has 1 N–H and O–H groups in total. The smallest absolute Gasteiger partial charge is 0.475 e. The van der Waals surface area contributed by atoms with Gasteiger partial charge >= 0.3 is 12.1 Å². The summed E-state index contributed by atoms with van der Waals surface area (Å²) in [4.78, 5) is 29.9. The molecule has 8 nitrogen and oxygen atoms in total. The lowest BCUT2D eigenvalue weighted by atomic mass is 10.0. The Bertz CT molecular complexity index is 664. The van der Waals surface area contributed by atoms with Gasteiger partial charge in [0.2, 0.25) is 5.91 Å². The van der Waals surface area contributed by atoms with E-state index in [4.69, 9.17) is 14.6 Å². The molecule has 0 unspecified atom stereocenters. The average Bonchev–Trinajstić information content (AvgIpc) is 3.24. The van der Waals surface area contributed by atoms with Gasteiger partial charge in [-0.2, -0.15) is 13.2 Å². The van der Waals surface area contributed by atoms with Crippen molar-refractivity contribution in [1.82, 2.24) is 19.4 Å². The molecule has 2 aliphatic heterocycles. The van der Waals surface area contributed by atoms with Crippen LogP contribution in [0.25, 0.3) is 0 Å². The first-order valence-corrected chi connectivity index (χ1v) is 8.39. The SMILES string of the molecule is COCCN1C[C@@H]2CN(Cc3nccn3C)C[C@@H]2C1=O.O=C(O)C(F)(F)F. The number of imidazole rings is 1. The van der Waals surface area contributed by atoms with Gasteiger partial charge in [-0.1, -0.05) is 0 Å². The van der Waals surface area contributed by atoms with Crippen LogP contribution in [0.15, 0.2) is 12.4 Å². The monoisotopic (exact) mass is 392 g/mol. The highest BCUT2D eigenvalue weighted by Gasteiger charge is 2.45. The molecule has 3 rings (SSSR count). The number of hydrogen-bond acceptors (Lipinski definition) is 5. The van der Waals surface area contributed by atoms with Crippen molar-refractivity contribution in [3.8, 4) is 0 Å². The van der Waals surface area contributed by atoms with Crippen molar-refractivity contribution in [3.63, 3.8) is 0 Å². The van der Waals surface area contributed by atoms with Crippen molar-refractivity contribution in [2.45, 2.75) is 12.7 Å². The first kappa shape index (κ1) is 21.2. The summed E-state index contributed by atoms with van der Waals surface area (Å²) in [6.45, 7) is 4.92. The van der Waals surface area contributed by atoms with E-state index in [1.54, 1.807) is 7.11 Å². The van der Waals surface area contributed by atoms with Crippen molar-refractivity contribution in [2.24, 2.45) is 18.9 Å². The number of aliphatic carboxylic acids is 1. The number of hydrogen-bond donors (Lipinski definition) is 1. The van der Waals surface area contributed by atoms with Gasteiger partial charge in [0.15, 0.2) is 0 Å². The number of ether oxygens (including phenoxy) is 1. The van der Waals surface area contributed by atoms with E-state index in [1.807, 2.05) is 28.9 Å². The maximum absolute atomic E-state index is 12.3. The number of carboxylic acids is 1. The van der Waals surface area contributed by atoms with Gasteiger partial charge in [-0.3, -0.25) is 9.69 Å². The summed E-state index contributed by atoms with van der Waals surface area (Å²) < 4.78 is 38.8. The summed E-state index contributed by atoms with van der Waals surface area (Å²) in [6.07, 6.45) is -1.30. The minimum atomic E-state index is -5.08. The summed E-state index contributed by atoms with van der Waals surface area (Å²) in [5.41, 5.74) is 0. The number of alkyl halides is 3. The van der Waals surface area contributed by atoms with Gasteiger partial charge in [0.25, 0.3) is 0 Å². The van der Waals surface area contributed by atoms with E-state index in [0.29, 0.717) is 18.4 Å². The number of aromatic nitrogens is 2. The average molecular weight is 392 g/mol.